The van der Waals surface area contributed by atoms with Gasteiger partial charge in [-0.15, -0.1) is 0 Å². The fourth-order valence-electron chi connectivity index (χ4n) is 2.79. The number of guanidine groups is 1. The van der Waals surface area contributed by atoms with E-state index in [1.807, 2.05) is 30.3 Å². The standard InChI is InChI=1S/C15H17N5O4/c1-19-12-11(13(23)18-15(19)24)20(8-10(21)22)14(17-12)16-7-9-5-3-2-4-6-9/h2-6,11-12H,7-8H2,1H3,(H,16,17)(H,21,22)(H,18,23,24). The Hall–Kier alpha value is -3.10. The second-order valence-corrected chi connectivity index (χ2v) is 5.59. The van der Waals surface area contributed by atoms with Gasteiger partial charge in [0.2, 0.25) is 0 Å². The zero-order chi connectivity index (χ0) is 17.3. The molecule has 2 heterocycles. The lowest BCUT2D eigenvalue weighted by Crippen LogP contribution is -2.65. The highest BCUT2D eigenvalue weighted by Gasteiger charge is 2.50. The van der Waals surface area contributed by atoms with Crippen LogP contribution in [0.25, 0.3) is 0 Å². The minimum atomic E-state index is -1.09. The third-order valence-corrected chi connectivity index (χ3v) is 3.98. The van der Waals surface area contributed by atoms with E-state index in [-0.39, 0.29) is 5.96 Å². The van der Waals surface area contributed by atoms with Gasteiger partial charge in [0, 0.05) is 7.05 Å². The van der Waals surface area contributed by atoms with Crippen LogP contribution in [0.1, 0.15) is 5.56 Å². The van der Waals surface area contributed by atoms with E-state index in [9.17, 15) is 14.4 Å². The summed E-state index contributed by atoms with van der Waals surface area (Å²) in [5.74, 6) is -1.34. The normalized spacial score (nSPS) is 24.6. The number of carboxylic acids is 1. The van der Waals surface area contributed by atoms with Crippen molar-refractivity contribution in [1.82, 2.24) is 20.4 Å². The number of rotatable bonds is 4. The summed E-state index contributed by atoms with van der Waals surface area (Å²) < 4.78 is 0. The summed E-state index contributed by atoms with van der Waals surface area (Å²) >= 11 is 0. The number of hydrogen-bond donors (Lipinski definition) is 3. The molecule has 2 saturated heterocycles. The molecule has 126 valence electrons. The number of nitrogens with zero attached hydrogens (tertiary/aromatic N) is 3. The molecular formula is C15H17N5O4. The molecule has 24 heavy (non-hydrogen) atoms. The molecule has 2 fully saturated rings. The number of aliphatic carboxylic acids is 1. The van der Waals surface area contributed by atoms with Crippen LogP contribution >= 0.6 is 0 Å². The number of amides is 3. The average molecular weight is 331 g/mol. The molecule has 0 aliphatic carbocycles. The third kappa shape index (κ3) is 2.87. The SMILES string of the molecule is CN1C(=O)NC(=O)C2C1NC(=NCc1ccccc1)N2CC(=O)O. The minimum Gasteiger partial charge on any atom is -0.480 e. The molecule has 0 bridgehead atoms. The van der Waals surface area contributed by atoms with Crippen molar-refractivity contribution >= 4 is 23.9 Å². The van der Waals surface area contributed by atoms with Crippen molar-refractivity contribution in [3.63, 3.8) is 0 Å². The average Bonchev–Trinajstić information content (AvgIpc) is 2.90. The summed E-state index contributed by atoms with van der Waals surface area (Å²) in [7, 11) is 1.53. The molecule has 0 spiro atoms. The Morgan fingerprint density at radius 3 is 2.67 bits per heavy atom. The number of carbonyl (C=O) groups is 3. The molecule has 0 aromatic heterocycles. The van der Waals surface area contributed by atoms with Gasteiger partial charge in [-0.05, 0) is 5.56 Å². The molecular weight excluding hydrogens is 314 g/mol. The molecule has 9 nitrogen and oxygen atoms in total. The topological polar surface area (TPSA) is 114 Å². The number of carboxylic acid groups (broad SMARTS) is 1. The molecule has 3 rings (SSSR count). The van der Waals surface area contributed by atoms with Crippen molar-refractivity contribution in [2.24, 2.45) is 4.99 Å². The largest absolute Gasteiger partial charge is 0.480 e. The number of likely N-dealkylation sites (N-methyl/N-ethyl adjacent to an activating group) is 1. The van der Waals surface area contributed by atoms with Crippen LogP contribution in [0.2, 0.25) is 0 Å². The van der Waals surface area contributed by atoms with E-state index in [1.54, 1.807) is 0 Å². The zero-order valence-electron chi connectivity index (χ0n) is 13.0. The van der Waals surface area contributed by atoms with E-state index in [0.29, 0.717) is 6.54 Å². The van der Waals surface area contributed by atoms with Crippen LogP contribution in [0.5, 0.6) is 0 Å². The van der Waals surface area contributed by atoms with Crippen molar-refractivity contribution < 1.29 is 19.5 Å². The first kappa shape index (κ1) is 15.8. The first-order valence-electron chi connectivity index (χ1n) is 7.38. The van der Waals surface area contributed by atoms with Crippen LogP contribution in [-0.2, 0) is 16.1 Å². The minimum absolute atomic E-state index is 0.285. The number of fused-ring (bicyclic) bond motifs is 1. The van der Waals surface area contributed by atoms with E-state index in [2.05, 4.69) is 15.6 Å². The zero-order valence-corrected chi connectivity index (χ0v) is 13.0. The number of imide groups is 1. The van der Waals surface area contributed by atoms with Gasteiger partial charge in [-0.3, -0.25) is 14.9 Å². The summed E-state index contributed by atoms with van der Waals surface area (Å²) in [6.45, 7) is -0.0603. The van der Waals surface area contributed by atoms with Crippen molar-refractivity contribution in [3.8, 4) is 0 Å². The van der Waals surface area contributed by atoms with Crippen LogP contribution in [-0.4, -0.2) is 64.6 Å². The molecule has 0 radical (unpaired) electrons. The molecule has 1 aromatic carbocycles. The van der Waals surface area contributed by atoms with Gasteiger partial charge in [0.15, 0.2) is 12.0 Å². The predicted octanol–water partition coefficient (Wildman–Crippen LogP) is -0.591. The van der Waals surface area contributed by atoms with Crippen LogP contribution in [0.15, 0.2) is 35.3 Å². The molecule has 3 N–H and O–H groups in total. The first-order valence-corrected chi connectivity index (χ1v) is 7.38. The van der Waals surface area contributed by atoms with Crippen molar-refractivity contribution in [2.75, 3.05) is 13.6 Å². The Balaban J connectivity index is 1.88. The van der Waals surface area contributed by atoms with Crippen LogP contribution in [0, 0.1) is 0 Å². The Labute approximate surface area is 137 Å². The summed E-state index contributed by atoms with van der Waals surface area (Å²) in [4.78, 5) is 42.2. The Morgan fingerprint density at radius 1 is 1.29 bits per heavy atom. The molecule has 3 amide bonds. The summed E-state index contributed by atoms with van der Waals surface area (Å²) in [5.41, 5.74) is 0.950. The molecule has 2 unspecified atom stereocenters. The summed E-state index contributed by atoms with van der Waals surface area (Å²) in [5, 5.41) is 14.3. The fourth-order valence-corrected chi connectivity index (χ4v) is 2.79. The number of benzene rings is 1. The van der Waals surface area contributed by atoms with Crippen LogP contribution in [0.3, 0.4) is 0 Å². The van der Waals surface area contributed by atoms with Crippen molar-refractivity contribution in [1.29, 1.82) is 0 Å². The number of aliphatic imine (C=N–C) groups is 1. The van der Waals surface area contributed by atoms with Gasteiger partial charge in [-0.25, -0.2) is 9.79 Å². The quantitative estimate of drug-likeness (QED) is 0.679. The third-order valence-electron chi connectivity index (χ3n) is 3.98. The van der Waals surface area contributed by atoms with Crippen molar-refractivity contribution in [2.45, 2.75) is 18.8 Å². The van der Waals surface area contributed by atoms with Crippen molar-refractivity contribution in [3.05, 3.63) is 35.9 Å². The van der Waals surface area contributed by atoms with Gasteiger partial charge in [-0.2, -0.15) is 0 Å². The van der Waals surface area contributed by atoms with E-state index < -0.39 is 36.7 Å². The lowest BCUT2D eigenvalue weighted by atomic mass is 10.1. The highest BCUT2D eigenvalue weighted by atomic mass is 16.4. The van der Waals surface area contributed by atoms with Gasteiger partial charge in [0.05, 0.1) is 6.54 Å². The van der Waals surface area contributed by atoms with E-state index in [1.165, 1.54) is 16.8 Å². The maximum Gasteiger partial charge on any atom is 0.325 e. The first-order chi connectivity index (χ1) is 11.5. The highest BCUT2D eigenvalue weighted by Crippen LogP contribution is 2.20. The number of hydrogen-bond acceptors (Lipinski definition) is 4. The summed E-state index contributed by atoms with van der Waals surface area (Å²) in [6, 6.07) is 8.08. The number of carbonyl (C=O) groups excluding carboxylic acids is 2. The van der Waals surface area contributed by atoms with Gasteiger partial charge in [-0.1, -0.05) is 30.3 Å². The maximum atomic E-state index is 12.2. The Morgan fingerprint density at radius 2 is 2.00 bits per heavy atom. The molecule has 1 aromatic rings. The van der Waals surface area contributed by atoms with Gasteiger partial charge in [0.25, 0.3) is 5.91 Å². The second kappa shape index (κ2) is 6.19. The summed E-state index contributed by atoms with van der Waals surface area (Å²) in [6.07, 6.45) is -0.653. The maximum absolute atomic E-state index is 12.2. The van der Waals surface area contributed by atoms with E-state index >= 15 is 0 Å². The lowest BCUT2D eigenvalue weighted by Gasteiger charge is -2.34. The molecule has 2 aliphatic heterocycles. The monoisotopic (exact) mass is 331 g/mol. The Bertz CT molecular complexity index is 705. The van der Waals surface area contributed by atoms with E-state index in [4.69, 9.17) is 5.11 Å². The van der Waals surface area contributed by atoms with Gasteiger partial charge >= 0.3 is 12.0 Å². The van der Waals surface area contributed by atoms with Crippen LogP contribution in [0.4, 0.5) is 4.79 Å². The number of urea groups is 1. The smallest absolute Gasteiger partial charge is 0.325 e. The predicted molar refractivity (Wildman–Crippen MR) is 83.9 cm³/mol. The Kier molecular flexibility index (Phi) is 4.07. The van der Waals surface area contributed by atoms with Gasteiger partial charge in [0.1, 0.15) is 12.7 Å². The van der Waals surface area contributed by atoms with Crippen LogP contribution < -0.4 is 10.6 Å². The second-order valence-electron chi connectivity index (χ2n) is 5.59. The fraction of sp³-hybridized carbons (Fsp3) is 0.333. The highest BCUT2D eigenvalue weighted by molar-refractivity contribution is 6.04. The molecule has 0 saturated carbocycles. The molecule has 2 aliphatic rings. The van der Waals surface area contributed by atoms with E-state index in [0.717, 1.165) is 5.56 Å². The van der Waals surface area contributed by atoms with Gasteiger partial charge < -0.3 is 20.2 Å². The lowest BCUT2D eigenvalue weighted by molar-refractivity contribution is -0.138. The molecule has 9 heteroatoms. The number of nitrogens with one attached hydrogen (secondary N) is 2. The molecule has 2 atom stereocenters.